The number of aliphatic carboxylic acids is 1. The summed E-state index contributed by atoms with van der Waals surface area (Å²) in [5.41, 5.74) is 0.916. The van der Waals surface area contributed by atoms with Crippen molar-refractivity contribution in [3.63, 3.8) is 0 Å². The first-order chi connectivity index (χ1) is 10.1. The highest BCUT2D eigenvalue weighted by Crippen LogP contribution is 2.29. The van der Waals surface area contributed by atoms with Crippen LogP contribution < -0.4 is 10.1 Å². The maximum Gasteiger partial charge on any atom is 0.306 e. The number of carboxylic acid groups (broad SMARTS) is 1. The number of carbonyl (C=O) groups is 2. The largest absolute Gasteiger partial charge is 0.496 e. The third-order valence-corrected chi connectivity index (χ3v) is 4.04. The van der Waals surface area contributed by atoms with Crippen LogP contribution in [0.5, 0.6) is 5.75 Å². The Balaban J connectivity index is 1.91. The molecule has 1 aliphatic rings. The molecular weight excluding hydrogens is 270 g/mol. The third-order valence-electron chi connectivity index (χ3n) is 4.04. The van der Waals surface area contributed by atoms with Crippen LogP contribution in [0.25, 0.3) is 0 Å². The lowest BCUT2D eigenvalue weighted by Crippen LogP contribution is -2.35. The van der Waals surface area contributed by atoms with E-state index in [-0.39, 0.29) is 17.7 Å². The van der Waals surface area contributed by atoms with Crippen molar-refractivity contribution >= 4 is 11.9 Å². The molecule has 5 heteroatoms. The fourth-order valence-electron chi connectivity index (χ4n) is 2.83. The van der Waals surface area contributed by atoms with E-state index in [4.69, 9.17) is 9.84 Å². The molecule has 1 aromatic carbocycles. The van der Waals surface area contributed by atoms with Gasteiger partial charge in [-0.15, -0.1) is 0 Å². The predicted octanol–water partition coefficient (Wildman–Crippen LogP) is 2.20. The van der Waals surface area contributed by atoms with Gasteiger partial charge in [-0.05, 0) is 25.3 Å². The van der Waals surface area contributed by atoms with E-state index >= 15 is 0 Å². The topological polar surface area (TPSA) is 75.6 Å². The van der Waals surface area contributed by atoms with E-state index in [0.717, 1.165) is 24.2 Å². The SMILES string of the molecule is COc1ccccc1CNC(=O)[C@@H]1CCC[C@@H](C(=O)O)C1. The van der Waals surface area contributed by atoms with Crippen LogP contribution in [0.3, 0.4) is 0 Å². The van der Waals surface area contributed by atoms with Crippen molar-refractivity contribution < 1.29 is 19.4 Å². The standard InChI is InChI=1S/C16H21NO4/c1-21-14-8-3-2-5-13(14)10-17-15(18)11-6-4-7-12(9-11)16(19)20/h2-3,5,8,11-12H,4,6-7,9-10H2,1H3,(H,17,18)(H,19,20)/t11-,12-/m1/s1. The quantitative estimate of drug-likeness (QED) is 0.872. The number of carboxylic acids is 1. The molecule has 0 spiro atoms. The molecule has 0 radical (unpaired) electrons. The lowest BCUT2D eigenvalue weighted by molar-refractivity contribution is -0.144. The van der Waals surface area contributed by atoms with Gasteiger partial charge in [0, 0.05) is 18.0 Å². The zero-order valence-corrected chi connectivity index (χ0v) is 12.2. The van der Waals surface area contributed by atoms with Gasteiger partial charge in [-0.3, -0.25) is 9.59 Å². The molecule has 0 unspecified atom stereocenters. The van der Waals surface area contributed by atoms with Gasteiger partial charge in [-0.2, -0.15) is 0 Å². The van der Waals surface area contributed by atoms with Crippen LogP contribution in [0.15, 0.2) is 24.3 Å². The zero-order chi connectivity index (χ0) is 15.2. The highest BCUT2D eigenvalue weighted by molar-refractivity contribution is 5.80. The first-order valence-electron chi connectivity index (χ1n) is 7.24. The van der Waals surface area contributed by atoms with E-state index in [9.17, 15) is 9.59 Å². The molecule has 1 amide bonds. The van der Waals surface area contributed by atoms with Crippen LogP contribution in [-0.2, 0) is 16.1 Å². The number of para-hydroxylation sites is 1. The smallest absolute Gasteiger partial charge is 0.306 e. The van der Waals surface area contributed by atoms with Gasteiger partial charge >= 0.3 is 5.97 Å². The van der Waals surface area contributed by atoms with Crippen molar-refractivity contribution in [1.29, 1.82) is 0 Å². The van der Waals surface area contributed by atoms with Crippen molar-refractivity contribution in [3.05, 3.63) is 29.8 Å². The van der Waals surface area contributed by atoms with Crippen molar-refractivity contribution in [2.45, 2.75) is 32.2 Å². The maximum atomic E-state index is 12.2. The predicted molar refractivity (Wildman–Crippen MR) is 77.9 cm³/mol. The number of ether oxygens (including phenoxy) is 1. The molecule has 0 aliphatic heterocycles. The fourth-order valence-corrected chi connectivity index (χ4v) is 2.83. The Morgan fingerprint density at radius 1 is 1.29 bits per heavy atom. The first kappa shape index (κ1) is 15.4. The molecule has 1 aliphatic carbocycles. The van der Waals surface area contributed by atoms with Crippen molar-refractivity contribution in [3.8, 4) is 5.75 Å². The fraction of sp³-hybridized carbons (Fsp3) is 0.500. The summed E-state index contributed by atoms with van der Waals surface area (Å²) in [6.07, 6.45) is 2.67. The normalized spacial score (nSPS) is 21.6. The molecule has 21 heavy (non-hydrogen) atoms. The Kier molecular flexibility index (Phi) is 5.20. The Labute approximate surface area is 124 Å². The minimum Gasteiger partial charge on any atom is -0.496 e. The van der Waals surface area contributed by atoms with Crippen LogP contribution in [0.2, 0.25) is 0 Å². The van der Waals surface area contributed by atoms with Gasteiger partial charge in [0.15, 0.2) is 0 Å². The first-order valence-corrected chi connectivity index (χ1v) is 7.24. The highest BCUT2D eigenvalue weighted by Gasteiger charge is 2.30. The number of methoxy groups -OCH3 is 1. The minimum absolute atomic E-state index is 0.0631. The zero-order valence-electron chi connectivity index (χ0n) is 12.2. The van der Waals surface area contributed by atoms with Gasteiger partial charge in [0.05, 0.1) is 13.0 Å². The molecule has 2 N–H and O–H groups in total. The average Bonchev–Trinajstić information content (AvgIpc) is 2.52. The van der Waals surface area contributed by atoms with Crippen molar-refractivity contribution in [2.24, 2.45) is 11.8 Å². The van der Waals surface area contributed by atoms with Gasteiger partial charge < -0.3 is 15.2 Å². The minimum atomic E-state index is -0.794. The summed E-state index contributed by atoms with van der Waals surface area (Å²) < 4.78 is 5.24. The summed E-state index contributed by atoms with van der Waals surface area (Å²) in [5, 5.41) is 12.0. The second kappa shape index (κ2) is 7.11. The molecule has 0 bridgehead atoms. The molecule has 5 nitrogen and oxygen atoms in total. The van der Waals surface area contributed by atoms with E-state index in [0.29, 0.717) is 19.4 Å². The van der Waals surface area contributed by atoms with Gasteiger partial charge in [-0.25, -0.2) is 0 Å². The Morgan fingerprint density at radius 2 is 2.00 bits per heavy atom. The molecular formula is C16H21NO4. The summed E-state index contributed by atoms with van der Waals surface area (Å²) in [6, 6.07) is 7.52. The maximum absolute atomic E-state index is 12.2. The average molecular weight is 291 g/mol. The molecule has 2 atom stereocenters. The third kappa shape index (κ3) is 3.97. The van der Waals surface area contributed by atoms with E-state index in [1.165, 1.54) is 0 Å². The number of benzene rings is 1. The second-order valence-electron chi connectivity index (χ2n) is 5.43. The molecule has 114 valence electrons. The Hall–Kier alpha value is -2.04. The summed E-state index contributed by atoms with van der Waals surface area (Å²) in [4.78, 5) is 23.2. The number of amides is 1. The summed E-state index contributed by atoms with van der Waals surface area (Å²) in [7, 11) is 1.60. The van der Waals surface area contributed by atoms with Crippen LogP contribution in [0.1, 0.15) is 31.2 Å². The lowest BCUT2D eigenvalue weighted by atomic mass is 9.81. The molecule has 0 heterocycles. The molecule has 0 saturated heterocycles. The molecule has 0 aromatic heterocycles. The molecule has 1 aromatic rings. The molecule has 2 rings (SSSR count). The van der Waals surface area contributed by atoms with Crippen molar-refractivity contribution in [2.75, 3.05) is 7.11 Å². The summed E-state index contributed by atoms with van der Waals surface area (Å²) >= 11 is 0. The van der Waals surface area contributed by atoms with Crippen LogP contribution >= 0.6 is 0 Å². The van der Waals surface area contributed by atoms with E-state index < -0.39 is 5.97 Å². The number of hydrogen-bond donors (Lipinski definition) is 2. The van der Waals surface area contributed by atoms with E-state index in [2.05, 4.69) is 5.32 Å². The summed E-state index contributed by atoms with van der Waals surface area (Å²) in [5.74, 6) is -0.704. The number of hydrogen-bond acceptors (Lipinski definition) is 3. The number of carbonyl (C=O) groups excluding carboxylic acids is 1. The monoisotopic (exact) mass is 291 g/mol. The number of nitrogens with one attached hydrogen (secondary N) is 1. The van der Waals surface area contributed by atoms with Crippen LogP contribution in [0, 0.1) is 11.8 Å². The Morgan fingerprint density at radius 3 is 2.71 bits per heavy atom. The van der Waals surface area contributed by atoms with Gasteiger partial charge in [0.2, 0.25) is 5.91 Å². The number of rotatable bonds is 5. The molecule has 1 saturated carbocycles. The lowest BCUT2D eigenvalue weighted by Gasteiger charge is -2.25. The van der Waals surface area contributed by atoms with Gasteiger partial charge in [-0.1, -0.05) is 24.6 Å². The van der Waals surface area contributed by atoms with Gasteiger partial charge in [0.1, 0.15) is 5.75 Å². The molecule has 1 fully saturated rings. The van der Waals surface area contributed by atoms with Crippen LogP contribution in [0.4, 0.5) is 0 Å². The highest BCUT2D eigenvalue weighted by atomic mass is 16.5. The van der Waals surface area contributed by atoms with Crippen LogP contribution in [-0.4, -0.2) is 24.1 Å². The van der Waals surface area contributed by atoms with E-state index in [1.807, 2.05) is 24.3 Å². The second-order valence-corrected chi connectivity index (χ2v) is 5.43. The van der Waals surface area contributed by atoms with Crippen molar-refractivity contribution in [1.82, 2.24) is 5.32 Å². The van der Waals surface area contributed by atoms with Gasteiger partial charge in [0.25, 0.3) is 0 Å². The van der Waals surface area contributed by atoms with E-state index in [1.54, 1.807) is 7.11 Å². The Bertz CT molecular complexity index is 515. The summed E-state index contributed by atoms with van der Waals surface area (Å²) in [6.45, 7) is 0.400.